The van der Waals surface area contributed by atoms with Gasteiger partial charge < -0.3 is 4.43 Å². The summed E-state index contributed by atoms with van der Waals surface area (Å²) in [5.41, 5.74) is 0. The van der Waals surface area contributed by atoms with E-state index in [4.69, 9.17) is 4.43 Å². The van der Waals surface area contributed by atoms with Gasteiger partial charge in [-0.05, 0) is 19.1 Å². The van der Waals surface area contributed by atoms with E-state index in [1.165, 1.54) is 6.08 Å². The summed E-state index contributed by atoms with van der Waals surface area (Å²) in [6.07, 6.45) is 2.30. The number of carbonyl (C=O) groups is 1. The third-order valence-electron chi connectivity index (χ3n) is 1.40. The van der Waals surface area contributed by atoms with E-state index in [0.29, 0.717) is 0 Å². The Morgan fingerprint density at radius 3 is 2.55 bits per heavy atom. The summed E-state index contributed by atoms with van der Waals surface area (Å²) in [7, 11) is -1.71. The summed E-state index contributed by atoms with van der Waals surface area (Å²) in [6, 6.07) is 1.02. The third-order valence-corrected chi connectivity index (χ3v) is 3.85. The molecule has 2 nitrogen and oxygen atoms in total. The lowest BCUT2D eigenvalue weighted by Crippen LogP contribution is -2.32. The number of rotatable bonds is 4. The fourth-order valence-electron chi connectivity index (χ4n) is 0.967. The summed E-state index contributed by atoms with van der Waals surface area (Å²) in [5, 5.41) is 0. The van der Waals surface area contributed by atoms with E-state index in [0.717, 1.165) is 12.5 Å². The predicted octanol–water partition coefficient (Wildman–Crippen LogP) is 2.33. The average Bonchev–Trinajstić information content (AvgIpc) is 1.86. The van der Waals surface area contributed by atoms with Gasteiger partial charge in [0.1, 0.15) is 0 Å². The van der Waals surface area contributed by atoms with E-state index in [-0.39, 0.29) is 5.97 Å². The van der Waals surface area contributed by atoms with Gasteiger partial charge in [-0.3, -0.25) is 0 Å². The molecular formula is C8H16O2Si. The van der Waals surface area contributed by atoms with Gasteiger partial charge in [-0.1, -0.05) is 19.9 Å². The van der Waals surface area contributed by atoms with Crippen molar-refractivity contribution >= 4 is 14.3 Å². The van der Waals surface area contributed by atoms with Crippen molar-refractivity contribution in [1.29, 1.82) is 0 Å². The average molecular weight is 172 g/mol. The molecule has 64 valence electrons. The molecule has 0 aliphatic rings. The standard InChI is InChI=1S/C8H16O2Si/c1-5-7-11(3,4)10-8(9)6-2/h6H,2,5,7H2,1,3-4H3. The number of hydrogen-bond donors (Lipinski definition) is 0. The maximum Gasteiger partial charge on any atom is 0.316 e. The van der Waals surface area contributed by atoms with E-state index in [2.05, 4.69) is 13.5 Å². The fourth-order valence-corrected chi connectivity index (χ4v) is 2.90. The van der Waals surface area contributed by atoms with Crippen molar-refractivity contribution in [3.8, 4) is 0 Å². The van der Waals surface area contributed by atoms with Gasteiger partial charge in [-0.2, -0.15) is 0 Å². The minimum absolute atomic E-state index is 0.282. The molecule has 0 aliphatic carbocycles. The topological polar surface area (TPSA) is 26.3 Å². The van der Waals surface area contributed by atoms with Crippen LogP contribution in [0, 0.1) is 0 Å². The van der Waals surface area contributed by atoms with Crippen LogP contribution in [-0.2, 0) is 9.22 Å². The number of carbonyl (C=O) groups excluding carboxylic acids is 1. The molecule has 0 saturated carbocycles. The van der Waals surface area contributed by atoms with Crippen LogP contribution in [0.5, 0.6) is 0 Å². The molecular weight excluding hydrogens is 156 g/mol. The molecule has 0 N–H and O–H groups in total. The summed E-state index contributed by atoms with van der Waals surface area (Å²) in [6.45, 7) is 9.53. The molecule has 11 heavy (non-hydrogen) atoms. The normalized spacial score (nSPS) is 10.8. The van der Waals surface area contributed by atoms with Crippen molar-refractivity contribution in [3.63, 3.8) is 0 Å². The molecule has 0 radical (unpaired) electrons. The van der Waals surface area contributed by atoms with Crippen LogP contribution in [0.3, 0.4) is 0 Å². The monoisotopic (exact) mass is 172 g/mol. The third kappa shape index (κ3) is 4.78. The molecule has 0 spiro atoms. The maximum absolute atomic E-state index is 10.8. The van der Waals surface area contributed by atoms with Crippen LogP contribution < -0.4 is 0 Å². The van der Waals surface area contributed by atoms with Crippen LogP contribution in [-0.4, -0.2) is 14.3 Å². The molecule has 0 aliphatic heterocycles. The first-order valence-corrected chi connectivity index (χ1v) is 6.99. The Balaban J connectivity index is 3.89. The predicted molar refractivity (Wildman–Crippen MR) is 48.9 cm³/mol. The van der Waals surface area contributed by atoms with Gasteiger partial charge in [0.15, 0.2) is 0 Å². The van der Waals surface area contributed by atoms with Gasteiger partial charge in [-0.25, -0.2) is 4.79 Å². The lowest BCUT2D eigenvalue weighted by molar-refractivity contribution is -0.129. The summed E-state index contributed by atoms with van der Waals surface area (Å²) < 4.78 is 5.21. The van der Waals surface area contributed by atoms with Crippen LogP contribution in [0.2, 0.25) is 19.1 Å². The quantitative estimate of drug-likeness (QED) is 0.480. The Morgan fingerprint density at radius 2 is 2.18 bits per heavy atom. The van der Waals surface area contributed by atoms with Crippen molar-refractivity contribution in [3.05, 3.63) is 12.7 Å². The Morgan fingerprint density at radius 1 is 1.64 bits per heavy atom. The zero-order valence-corrected chi connectivity index (χ0v) is 8.52. The molecule has 0 amide bonds. The van der Waals surface area contributed by atoms with E-state index < -0.39 is 8.32 Å². The Labute approximate surface area is 69.4 Å². The lowest BCUT2D eigenvalue weighted by atomic mass is 10.6. The van der Waals surface area contributed by atoms with Crippen molar-refractivity contribution in [2.75, 3.05) is 0 Å². The van der Waals surface area contributed by atoms with Crippen molar-refractivity contribution in [1.82, 2.24) is 0 Å². The summed E-state index contributed by atoms with van der Waals surface area (Å²) in [5.74, 6) is -0.282. The van der Waals surface area contributed by atoms with Crippen LogP contribution in [0.25, 0.3) is 0 Å². The molecule has 0 aromatic heterocycles. The second kappa shape index (κ2) is 4.33. The Hall–Kier alpha value is -0.573. The lowest BCUT2D eigenvalue weighted by Gasteiger charge is -2.20. The van der Waals surface area contributed by atoms with Crippen molar-refractivity contribution < 1.29 is 9.22 Å². The summed E-state index contributed by atoms with van der Waals surface area (Å²) in [4.78, 5) is 10.8. The smallest absolute Gasteiger partial charge is 0.316 e. The first-order chi connectivity index (χ1) is 5.02. The van der Waals surface area contributed by atoms with E-state index in [9.17, 15) is 4.79 Å². The molecule has 0 saturated heterocycles. The zero-order valence-electron chi connectivity index (χ0n) is 7.52. The van der Waals surface area contributed by atoms with Gasteiger partial charge >= 0.3 is 5.97 Å². The largest absolute Gasteiger partial charge is 0.517 e. The minimum Gasteiger partial charge on any atom is -0.517 e. The van der Waals surface area contributed by atoms with Gasteiger partial charge in [0.05, 0.1) is 0 Å². The van der Waals surface area contributed by atoms with Gasteiger partial charge in [0.2, 0.25) is 8.32 Å². The minimum atomic E-state index is -1.71. The van der Waals surface area contributed by atoms with Gasteiger partial charge in [-0.15, -0.1) is 0 Å². The molecule has 0 atom stereocenters. The second-order valence-corrected chi connectivity index (χ2v) is 7.36. The highest BCUT2D eigenvalue weighted by Crippen LogP contribution is 2.13. The first-order valence-electron chi connectivity index (χ1n) is 3.87. The van der Waals surface area contributed by atoms with Gasteiger partial charge in [0, 0.05) is 6.08 Å². The van der Waals surface area contributed by atoms with Crippen molar-refractivity contribution in [2.24, 2.45) is 0 Å². The second-order valence-electron chi connectivity index (χ2n) is 3.13. The van der Waals surface area contributed by atoms with Crippen molar-refractivity contribution in [2.45, 2.75) is 32.5 Å². The molecule has 0 aromatic rings. The molecule has 0 heterocycles. The van der Waals surface area contributed by atoms with Crippen LogP contribution in [0.1, 0.15) is 13.3 Å². The Bertz CT molecular complexity index is 152. The highest BCUT2D eigenvalue weighted by Gasteiger charge is 2.24. The fraction of sp³-hybridized carbons (Fsp3) is 0.625. The van der Waals surface area contributed by atoms with Gasteiger partial charge in [0.25, 0.3) is 0 Å². The molecule has 0 fully saturated rings. The zero-order chi connectivity index (χ0) is 8.91. The summed E-state index contributed by atoms with van der Waals surface area (Å²) >= 11 is 0. The SMILES string of the molecule is C=CC(=O)O[Si](C)(C)CCC. The van der Waals surface area contributed by atoms with Crippen LogP contribution in [0.4, 0.5) is 0 Å². The molecule has 0 bridgehead atoms. The maximum atomic E-state index is 10.8. The number of hydrogen-bond acceptors (Lipinski definition) is 2. The highest BCUT2D eigenvalue weighted by atomic mass is 28.4. The first kappa shape index (κ1) is 10.4. The van der Waals surface area contributed by atoms with Crippen LogP contribution >= 0.6 is 0 Å². The Kier molecular flexibility index (Phi) is 4.11. The molecule has 0 aromatic carbocycles. The highest BCUT2D eigenvalue weighted by molar-refractivity contribution is 6.72. The van der Waals surface area contributed by atoms with E-state index >= 15 is 0 Å². The van der Waals surface area contributed by atoms with E-state index in [1.807, 2.05) is 13.1 Å². The van der Waals surface area contributed by atoms with E-state index in [1.54, 1.807) is 0 Å². The molecule has 3 heteroatoms. The molecule has 0 unspecified atom stereocenters. The van der Waals surface area contributed by atoms with Crippen LogP contribution in [0.15, 0.2) is 12.7 Å². The molecule has 0 rings (SSSR count).